The molecule has 0 aliphatic carbocycles. The highest BCUT2D eigenvalue weighted by molar-refractivity contribution is 6.01. The van der Waals surface area contributed by atoms with E-state index in [9.17, 15) is 14.4 Å². The molecule has 0 saturated carbocycles. The highest BCUT2D eigenvalue weighted by Crippen LogP contribution is 2.23. The largest absolute Gasteiger partial charge is 0.480 e. The fraction of sp³-hybridized carbons (Fsp3) is 0.471. The van der Waals surface area contributed by atoms with Crippen LogP contribution in [0.15, 0.2) is 30.3 Å². The minimum absolute atomic E-state index is 0.0569. The van der Waals surface area contributed by atoms with Crippen LogP contribution in [-0.4, -0.2) is 73.0 Å². The second kappa shape index (κ2) is 7.92. The minimum Gasteiger partial charge on any atom is -0.480 e. The van der Waals surface area contributed by atoms with Crippen LogP contribution in [0.25, 0.3) is 0 Å². The number of carbonyl (C=O) groups excluding carboxylic acids is 2. The Kier molecular flexibility index (Phi) is 5.92. The Balaban J connectivity index is 2.10. The summed E-state index contributed by atoms with van der Waals surface area (Å²) in [6.07, 6.45) is 0.134. The Labute approximate surface area is 141 Å². The van der Waals surface area contributed by atoms with E-state index in [1.54, 1.807) is 35.2 Å². The fourth-order valence-corrected chi connectivity index (χ4v) is 2.73. The van der Waals surface area contributed by atoms with Crippen molar-refractivity contribution in [1.29, 1.82) is 0 Å². The molecule has 1 atom stereocenters. The third kappa shape index (κ3) is 4.55. The van der Waals surface area contributed by atoms with Gasteiger partial charge in [-0.15, -0.1) is 0 Å². The maximum atomic E-state index is 12.8. The number of nitrogens with zero attached hydrogens (tertiary/aromatic N) is 3. The smallest absolute Gasteiger partial charge is 0.323 e. The first kappa shape index (κ1) is 17.9. The van der Waals surface area contributed by atoms with Crippen molar-refractivity contribution in [2.75, 3.05) is 45.2 Å². The van der Waals surface area contributed by atoms with Crippen molar-refractivity contribution in [2.45, 2.75) is 6.42 Å². The molecule has 0 radical (unpaired) electrons. The molecule has 0 spiro atoms. The summed E-state index contributed by atoms with van der Waals surface area (Å²) in [5.41, 5.74) is 0.532. The van der Waals surface area contributed by atoms with E-state index in [-0.39, 0.29) is 18.2 Å². The summed E-state index contributed by atoms with van der Waals surface area (Å²) < 4.78 is 0. The van der Waals surface area contributed by atoms with Crippen LogP contribution in [0.2, 0.25) is 0 Å². The van der Waals surface area contributed by atoms with Crippen LogP contribution < -0.4 is 4.90 Å². The first-order chi connectivity index (χ1) is 11.4. The van der Waals surface area contributed by atoms with Gasteiger partial charge >= 0.3 is 5.97 Å². The Hall–Kier alpha value is -2.41. The van der Waals surface area contributed by atoms with Crippen LogP contribution in [0, 0.1) is 5.92 Å². The van der Waals surface area contributed by atoms with E-state index >= 15 is 0 Å². The van der Waals surface area contributed by atoms with Gasteiger partial charge in [-0.25, -0.2) is 0 Å². The van der Waals surface area contributed by atoms with Crippen molar-refractivity contribution >= 4 is 23.5 Å². The molecule has 0 aromatic heterocycles. The number of carboxylic acids is 1. The van der Waals surface area contributed by atoms with Gasteiger partial charge in [0.2, 0.25) is 11.8 Å². The zero-order valence-electron chi connectivity index (χ0n) is 14.0. The van der Waals surface area contributed by atoms with Crippen LogP contribution in [0.3, 0.4) is 0 Å². The fourth-order valence-electron chi connectivity index (χ4n) is 2.73. The van der Waals surface area contributed by atoms with E-state index in [4.69, 9.17) is 5.11 Å². The Morgan fingerprint density at radius 2 is 1.92 bits per heavy atom. The molecule has 1 aromatic carbocycles. The van der Waals surface area contributed by atoms with Gasteiger partial charge in [-0.1, -0.05) is 18.2 Å². The van der Waals surface area contributed by atoms with Gasteiger partial charge < -0.3 is 19.8 Å². The van der Waals surface area contributed by atoms with E-state index < -0.39 is 18.4 Å². The van der Waals surface area contributed by atoms with Crippen molar-refractivity contribution in [3.8, 4) is 0 Å². The molecule has 130 valence electrons. The molecule has 0 bridgehead atoms. The van der Waals surface area contributed by atoms with Crippen molar-refractivity contribution < 1.29 is 19.5 Å². The Morgan fingerprint density at radius 1 is 1.25 bits per heavy atom. The summed E-state index contributed by atoms with van der Waals surface area (Å²) in [4.78, 5) is 40.9. The van der Waals surface area contributed by atoms with Gasteiger partial charge in [-0.3, -0.25) is 14.4 Å². The molecule has 1 saturated heterocycles. The third-order valence-electron chi connectivity index (χ3n) is 4.01. The van der Waals surface area contributed by atoms with Crippen molar-refractivity contribution in [3.63, 3.8) is 0 Å². The monoisotopic (exact) mass is 333 g/mol. The predicted octanol–water partition coefficient (Wildman–Crippen LogP) is 0.514. The first-order valence-corrected chi connectivity index (χ1v) is 7.89. The minimum atomic E-state index is -1.08. The van der Waals surface area contributed by atoms with Crippen LogP contribution >= 0.6 is 0 Å². The molecule has 7 nitrogen and oxygen atoms in total. The number of carboxylic acid groups (broad SMARTS) is 1. The summed E-state index contributed by atoms with van der Waals surface area (Å²) >= 11 is 0. The van der Waals surface area contributed by atoms with Gasteiger partial charge in [0.05, 0.1) is 5.92 Å². The van der Waals surface area contributed by atoms with E-state index in [1.165, 1.54) is 4.90 Å². The van der Waals surface area contributed by atoms with Crippen LogP contribution in [0.1, 0.15) is 6.42 Å². The van der Waals surface area contributed by atoms with Crippen molar-refractivity contribution in [2.24, 2.45) is 5.92 Å². The van der Waals surface area contributed by atoms with Gasteiger partial charge in [-0.2, -0.15) is 0 Å². The van der Waals surface area contributed by atoms with Gasteiger partial charge in [0.1, 0.15) is 6.54 Å². The molecule has 1 unspecified atom stereocenters. The number of anilines is 1. The second-order valence-electron chi connectivity index (χ2n) is 6.20. The third-order valence-corrected chi connectivity index (χ3v) is 4.01. The molecule has 2 amide bonds. The molecule has 7 heteroatoms. The van der Waals surface area contributed by atoms with Crippen molar-refractivity contribution in [3.05, 3.63) is 30.3 Å². The van der Waals surface area contributed by atoms with E-state index in [2.05, 4.69) is 0 Å². The molecule has 1 N–H and O–H groups in total. The average molecular weight is 333 g/mol. The van der Waals surface area contributed by atoms with Crippen molar-refractivity contribution in [1.82, 2.24) is 9.80 Å². The highest BCUT2D eigenvalue weighted by atomic mass is 16.4. The summed E-state index contributed by atoms with van der Waals surface area (Å²) in [6, 6.07) is 8.69. The number of likely N-dealkylation sites (N-methyl/N-ethyl adjacent to an activating group) is 1. The molecule has 1 aromatic rings. The molecular formula is C17H23N3O4. The number of amides is 2. The quantitative estimate of drug-likeness (QED) is 0.786. The topological polar surface area (TPSA) is 81.2 Å². The first-order valence-electron chi connectivity index (χ1n) is 7.89. The van der Waals surface area contributed by atoms with Gasteiger partial charge in [0.25, 0.3) is 0 Å². The summed E-state index contributed by atoms with van der Waals surface area (Å²) in [6.45, 7) is 1.23. The molecule has 2 rings (SSSR count). The number of hydrogen-bond acceptors (Lipinski definition) is 4. The number of aliphatic carboxylic acids is 1. The lowest BCUT2D eigenvalue weighted by Crippen LogP contribution is -2.41. The SMILES string of the molecule is CN(C)CCN1CC(C(=O)N(CC(=O)O)c2ccccc2)CC1=O. The summed E-state index contributed by atoms with van der Waals surface area (Å²) in [5.74, 6) is -1.96. The molecular weight excluding hydrogens is 310 g/mol. The van der Waals surface area contributed by atoms with Crippen LogP contribution in [0.4, 0.5) is 5.69 Å². The number of benzene rings is 1. The molecule has 1 aliphatic heterocycles. The Morgan fingerprint density at radius 3 is 2.50 bits per heavy atom. The standard InChI is InChI=1S/C17H23N3O4/c1-18(2)8-9-19-11-13(10-15(19)21)17(24)20(12-16(22)23)14-6-4-3-5-7-14/h3-7,13H,8-12H2,1-2H3,(H,22,23). The normalized spacial score (nSPS) is 17.4. The van der Waals surface area contributed by atoms with Crippen LogP contribution in [0.5, 0.6) is 0 Å². The lowest BCUT2D eigenvalue weighted by molar-refractivity contribution is -0.137. The van der Waals surface area contributed by atoms with E-state index in [0.717, 1.165) is 6.54 Å². The second-order valence-corrected chi connectivity index (χ2v) is 6.20. The van der Waals surface area contributed by atoms with Gasteiger partial charge in [-0.05, 0) is 26.2 Å². The lowest BCUT2D eigenvalue weighted by atomic mass is 10.1. The van der Waals surface area contributed by atoms with E-state index in [0.29, 0.717) is 18.8 Å². The highest BCUT2D eigenvalue weighted by Gasteiger charge is 2.37. The molecule has 24 heavy (non-hydrogen) atoms. The zero-order chi connectivity index (χ0) is 17.7. The lowest BCUT2D eigenvalue weighted by Gasteiger charge is -2.24. The molecule has 1 fully saturated rings. The number of para-hydroxylation sites is 1. The average Bonchev–Trinajstić information content (AvgIpc) is 2.91. The summed E-state index contributed by atoms with van der Waals surface area (Å²) in [5, 5.41) is 9.11. The number of carbonyl (C=O) groups is 3. The zero-order valence-corrected chi connectivity index (χ0v) is 14.0. The van der Waals surface area contributed by atoms with Gasteiger partial charge in [0, 0.05) is 31.7 Å². The Bertz CT molecular complexity index is 603. The van der Waals surface area contributed by atoms with E-state index in [1.807, 2.05) is 19.0 Å². The summed E-state index contributed by atoms with van der Waals surface area (Å²) in [7, 11) is 3.85. The van der Waals surface area contributed by atoms with Gasteiger partial charge in [0.15, 0.2) is 0 Å². The number of rotatable bonds is 7. The maximum absolute atomic E-state index is 12.8. The maximum Gasteiger partial charge on any atom is 0.323 e. The predicted molar refractivity (Wildman–Crippen MR) is 89.7 cm³/mol. The molecule has 1 aliphatic rings. The number of likely N-dealkylation sites (tertiary alicyclic amines) is 1. The molecule has 1 heterocycles. The number of hydrogen-bond donors (Lipinski definition) is 1. The van der Waals surface area contributed by atoms with Crippen LogP contribution in [-0.2, 0) is 14.4 Å².